The molecule has 14 heteroatoms. The van der Waals surface area contributed by atoms with Gasteiger partial charge in [0.2, 0.25) is 11.8 Å². The normalized spacial score (nSPS) is 10.7. The fourth-order valence-electron chi connectivity index (χ4n) is 2.48. The topological polar surface area (TPSA) is 141 Å². The van der Waals surface area contributed by atoms with Gasteiger partial charge in [0, 0.05) is 21.2 Å². The van der Waals surface area contributed by atoms with Crippen molar-refractivity contribution in [2.45, 2.75) is 19.8 Å². The monoisotopic (exact) mass is 530 g/mol. The Bertz CT molecular complexity index is 1090. The maximum Gasteiger partial charge on any atom is 0.234 e. The summed E-state index contributed by atoms with van der Waals surface area (Å²) in [5, 5.41) is 27.3. The predicted molar refractivity (Wildman–Crippen MR) is 136 cm³/mol. The van der Waals surface area contributed by atoms with Crippen molar-refractivity contribution in [2.24, 2.45) is 0 Å². The molecule has 0 aliphatic heterocycles. The number of benzene rings is 2. The number of nitrogens with one attached hydrogen (secondary N) is 4. The van der Waals surface area contributed by atoms with E-state index in [-0.39, 0.29) is 23.3 Å². The van der Waals surface area contributed by atoms with E-state index in [2.05, 4.69) is 41.5 Å². The van der Waals surface area contributed by atoms with Crippen molar-refractivity contribution < 1.29 is 9.59 Å². The summed E-state index contributed by atoms with van der Waals surface area (Å²) >= 11 is 2.63. The van der Waals surface area contributed by atoms with Crippen LogP contribution in [0.5, 0.6) is 0 Å². The fourth-order valence-corrected chi connectivity index (χ4v) is 5.58. The Kier molecular flexibility index (Phi) is 8.90. The average molecular weight is 531 g/mol. The van der Waals surface area contributed by atoms with E-state index in [0.29, 0.717) is 10.1 Å². The molecule has 0 radical (unpaired) electrons. The van der Waals surface area contributed by atoms with E-state index < -0.39 is 0 Å². The number of hydrogen-bond acceptors (Lipinski definition) is 10. The predicted octanol–water partition coefficient (Wildman–Crippen LogP) is 4.18. The third-order valence-electron chi connectivity index (χ3n) is 4.00. The molecule has 0 spiro atoms. The summed E-state index contributed by atoms with van der Waals surface area (Å²) < 4.78 is 0. The van der Waals surface area contributed by atoms with E-state index in [9.17, 15) is 9.59 Å². The number of H-pyrrole nitrogens is 2. The van der Waals surface area contributed by atoms with Gasteiger partial charge in [0.15, 0.2) is 0 Å². The number of carbonyl (C=O) groups is 2. The van der Waals surface area contributed by atoms with Gasteiger partial charge in [-0.2, -0.15) is 20.6 Å². The Morgan fingerprint density at radius 2 is 1.09 bits per heavy atom. The molecule has 0 fully saturated rings. The van der Waals surface area contributed by atoms with Gasteiger partial charge in [-0.3, -0.25) is 9.59 Å². The molecule has 4 N–H and O–H groups in total. The van der Waals surface area contributed by atoms with Crippen LogP contribution in [-0.4, -0.2) is 54.1 Å². The number of aromatic amines is 2. The Balaban J connectivity index is 1.18. The van der Waals surface area contributed by atoms with Crippen molar-refractivity contribution in [3.8, 4) is 0 Å². The van der Waals surface area contributed by atoms with E-state index in [4.69, 9.17) is 0 Å². The van der Waals surface area contributed by atoms with Crippen LogP contribution < -0.4 is 10.6 Å². The number of amides is 2. The van der Waals surface area contributed by atoms with Crippen LogP contribution in [0.1, 0.15) is 0 Å². The first-order valence-electron chi connectivity index (χ1n) is 9.75. The molecule has 0 aliphatic rings. The first-order valence-corrected chi connectivity index (χ1v) is 13.9. The molecule has 4 aromatic rings. The molecular formula is C20H18N8O2S4. The SMILES string of the molecule is O=C(CSc1cn[nH]n1)Nc1ccc(SSc2ccc(NC(=O)CSc3cn[nH]n3)cc2)cc1. The lowest BCUT2D eigenvalue weighted by Crippen LogP contribution is -2.13. The molecule has 10 nitrogen and oxygen atoms in total. The third-order valence-corrected chi connectivity index (χ3v) is 8.21. The molecule has 34 heavy (non-hydrogen) atoms. The van der Waals surface area contributed by atoms with E-state index in [0.717, 1.165) is 21.2 Å². The highest BCUT2D eigenvalue weighted by Crippen LogP contribution is 2.38. The second-order valence-corrected chi connectivity index (χ2v) is 10.8. The number of anilines is 2. The quantitative estimate of drug-likeness (QED) is 0.165. The maximum absolute atomic E-state index is 12.1. The van der Waals surface area contributed by atoms with Crippen molar-refractivity contribution in [3.63, 3.8) is 0 Å². The van der Waals surface area contributed by atoms with Gasteiger partial charge in [0.1, 0.15) is 10.1 Å². The Morgan fingerprint density at radius 3 is 1.44 bits per heavy atom. The molecule has 2 heterocycles. The number of nitrogens with zero attached hydrogens (tertiary/aromatic N) is 4. The van der Waals surface area contributed by atoms with Crippen molar-refractivity contribution in [1.82, 2.24) is 30.8 Å². The first-order chi connectivity index (χ1) is 16.6. The zero-order valence-corrected chi connectivity index (χ0v) is 20.7. The maximum atomic E-state index is 12.1. The molecule has 2 aromatic carbocycles. The van der Waals surface area contributed by atoms with Gasteiger partial charge in [-0.25, -0.2) is 0 Å². The standard InChI is InChI=1S/C20H18N8O2S4/c29-17(11-31-19-9-21-27-25-19)23-13-1-5-15(6-2-13)33-34-16-7-3-14(4-8-16)24-18(30)12-32-20-10-22-28-26-20/h1-10H,11-12H2,(H,23,29)(H,24,30)(H,21,25,27)(H,22,26,28). The molecule has 0 aliphatic carbocycles. The molecule has 4 rings (SSSR count). The minimum absolute atomic E-state index is 0.105. The lowest BCUT2D eigenvalue weighted by molar-refractivity contribution is -0.114. The summed E-state index contributed by atoms with van der Waals surface area (Å²) in [6.07, 6.45) is 3.15. The largest absolute Gasteiger partial charge is 0.325 e. The summed E-state index contributed by atoms with van der Waals surface area (Å²) in [5.41, 5.74) is 1.48. The third kappa shape index (κ3) is 7.83. The Hall–Kier alpha value is -2.94. The minimum Gasteiger partial charge on any atom is -0.325 e. The van der Waals surface area contributed by atoms with E-state index in [1.54, 1.807) is 34.0 Å². The lowest BCUT2D eigenvalue weighted by atomic mass is 10.3. The number of carbonyl (C=O) groups excluding carboxylic acids is 2. The van der Waals surface area contributed by atoms with Crippen molar-refractivity contribution in [3.05, 3.63) is 60.9 Å². The average Bonchev–Trinajstić information content (AvgIpc) is 3.56. The molecule has 0 unspecified atom stereocenters. The Morgan fingerprint density at radius 1 is 0.676 bits per heavy atom. The summed E-state index contributed by atoms with van der Waals surface area (Å²) in [5.74, 6) is 0.310. The fraction of sp³-hybridized carbons (Fsp3) is 0.100. The molecule has 0 saturated carbocycles. The van der Waals surface area contributed by atoms with Gasteiger partial charge in [-0.1, -0.05) is 45.1 Å². The number of hydrogen-bond donors (Lipinski definition) is 4. The van der Waals surface area contributed by atoms with Crippen LogP contribution in [0.2, 0.25) is 0 Å². The summed E-state index contributed by atoms with van der Waals surface area (Å²) in [6, 6.07) is 15.3. The second kappa shape index (κ2) is 12.5. The van der Waals surface area contributed by atoms with Gasteiger partial charge in [-0.15, -0.1) is 10.2 Å². The lowest BCUT2D eigenvalue weighted by Gasteiger charge is -2.07. The first kappa shape index (κ1) is 24.2. The summed E-state index contributed by atoms with van der Waals surface area (Å²) in [4.78, 5) is 26.2. The van der Waals surface area contributed by atoms with Crippen LogP contribution in [0.15, 0.2) is 80.8 Å². The van der Waals surface area contributed by atoms with E-state index in [1.807, 2.05) is 48.5 Å². The van der Waals surface area contributed by atoms with Crippen LogP contribution in [0, 0.1) is 0 Å². The summed E-state index contributed by atoms with van der Waals surface area (Å²) in [7, 11) is 3.22. The van der Waals surface area contributed by atoms with Crippen molar-refractivity contribution in [1.29, 1.82) is 0 Å². The zero-order valence-electron chi connectivity index (χ0n) is 17.4. The van der Waals surface area contributed by atoms with Crippen LogP contribution in [-0.2, 0) is 9.59 Å². The second-order valence-electron chi connectivity index (χ2n) is 6.51. The van der Waals surface area contributed by atoms with Crippen molar-refractivity contribution >= 4 is 68.3 Å². The van der Waals surface area contributed by atoms with Gasteiger partial charge in [0.05, 0.1) is 23.9 Å². The van der Waals surface area contributed by atoms with Crippen molar-refractivity contribution in [2.75, 3.05) is 22.1 Å². The van der Waals surface area contributed by atoms with Gasteiger partial charge >= 0.3 is 0 Å². The molecule has 2 amide bonds. The zero-order chi connectivity index (χ0) is 23.6. The molecule has 0 bridgehead atoms. The Labute approximate surface area is 211 Å². The highest BCUT2D eigenvalue weighted by atomic mass is 33.1. The van der Waals surface area contributed by atoms with Gasteiger partial charge in [-0.05, 0) is 48.5 Å². The molecule has 0 saturated heterocycles. The molecule has 2 aromatic heterocycles. The number of rotatable bonds is 11. The van der Waals surface area contributed by atoms with Crippen LogP contribution >= 0.6 is 45.1 Å². The molecular weight excluding hydrogens is 513 g/mol. The number of thioether (sulfide) groups is 2. The van der Waals surface area contributed by atoms with Gasteiger partial charge in [0.25, 0.3) is 0 Å². The molecule has 0 atom stereocenters. The van der Waals surface area contributed by atoms with E-state index in [1.165, 1.54) is 23.5 Å². The highest BCUT2D eigenvalue weighted by Gasteiger charge is 2.07. The van der Waals surface area contributed by atoms with Crippen LogP contribution in [0.3, 0.4) is 0 Å². The molecule has 174 valence electrons. The van der Waals surface area contributed by atoms with E-state index >= 15 is 0 Å². The number of aromatic nitrogens is 6. The van der Waals surface area contributed by atoms with Crippen LogP contribution in [0.4, 0.5) is 11.4 Å². The summed E-state index contributed by atoms with van der Waals surface area (Å²) in [6.45, 7) is 0. The smallest absolute Gasteiger partial charge is 0.234 e. The minimum atomic E-state index is -0.105. The van der Waals surface area contributed by atoms with Gasteiger partial charge < -0.3 is 10.6 Å². The highest BCUT2D eigenvalue weighted by molar-refractivity contribution is 8.76. The van der Waals surface area contributed by atoms with Crippen LogP contribution in [0.25, 0.3) is 0 Å².